The van der Waals surface area contributed by atoms with Gasteiger partial charge in [-0.2, -0.15) is 0 Å². The standard InChI is InChI=1S/C15H22O2/c1-14(2,3)10-11-15(4,13(16)17)12-8-6-5-7-9-12/h5-9H,10-11H2,1-4H3,(H,16,17)/t15-/m0/s1. The summed E-state index contributed by atoms with van der Waals surface area (Å²) in [5.41, 5.74) is 0.261. The van der Waals surface area contributed by atoms with Crippen LogP contribution < -0.4 is 0 Å². The van der Waals surface area contributed by atoms with Gasteiger partial charge in [0.1, 0.15) is 0 Å². The van der Waals surface area contributed by atoms with Gasteiger partial charge < -0.3 is 5.11 Å². The summed E-state index contributed by atoms with van der Waals surface area (Å²) in [5, 5.41) is 9.48. The van der Waals surface area contributed by atoms with Crippen LogP contribution in [0.1, 0.15) is 46.1 Å². The fourth-order valence-electron chi connectivity index (χ4n) is 1.81. The van der Waals surface area contributed by atoms with Crippen molar-refractivity contribution in [3.05, 3.63) is 35.9 Å². The van der Waals surface area contributed by atoms with Crippen molar-refractivity contribution in [3.63, 3.8) is 0 Å². The number of carboxylic acid groups (broad SMARTS) is 1. The molecule has 1 N–H and O–H groups in total. The smallest absolute Gasteiger partial charge is 0.313 e. The minimum absolute atomic E-state index is 0.158. The molecule has 0 unspecified atom stereocenters. The highest BCUT2D eigenvalue weighted by Crippen LogP contribution is 2.34. The van der Waals surface area contributed by atoms with Gasteiger partial charge in [0.15, 0.2) is 0 Å². The minimum atomic E-state index is -0.783. The molecule has 0 heterocycles. The van der Waals surface area contributed by atoms with E-state index in [1.165, 1.54) is 0 Å². The average molecular weight is 234 g/mol. The van der Waals surface area contributed by atoms with Crippen LogP contribution >= 0.6 is 0 Å². The van der Waals surface area contributed by atoms with Gasteiger partial charge in [0, 0.05) is 0 Å². The molecule has 2 nitrogen and oxygen atoms in total. The minimum Gasteiger partial charge on any atom is -0.481 e. The molecule has 0 radical (unpaired) electrons. The molecule has 0 aliphatic heterocycles. The second-order valence-corrected chi connectivity index (χ2v) is 6.06. The molecule has 0 amide bonds. The fourth-order valence-corrected chi connectivity index (χ4v) is 1.81. The van der Waals surface area contributed by atoms with Crippen molar-refractivity contribution in [1.29, 1.82) is 0 Å². The second-order valence-electron chi connectivity index (χ2n) is 6.06. The van der Waals surface area contributed by atoms with Crippen LogP contribution in [-0.2, 0) is 10.2 Å². The Hall–Kier alpha value is -1.31. The Morgan fingerprint density at radius 2 is 1.59 bits per heavy atom. The first-order valence-corrected chi connectivity index (χ1v) is 6.05. The highest BCUT2D eigenvalue weighted by molar-refractivity contribution is 5.80. The van der Waals surface area contributed by atoms with Crippen LogP contribution in [0, 0.1) is 5.41 Å². The van der Waals surface area contributed by atoms with E-state index in [1.807, 2.05) is 37.3 Å². The summed E-state index contributed by atoms with van der Waals surface area (Å²) in [6.07, 6.45) is 1.56. The zero-order valence-corrected chi connectivity index (χ0v) is 11.2. The van der Waals surface area contributed by atoms with Crippen molar-refractivity contribution < 1.29 is 9.90 Å². The third-order valence-electron chi connectivity index (χ3n) is 3.26. The van der Waals surface area contributed by atoms with Crippen molar-refractivity contribution in [2.75, 3.05) is 0 Å². The number of benzene rings is 1. The number of carboxylic acids is 1. The number of hydrogen-bond acceptors (Lipinski definition) is 1. The van der Waals surface area contributed by atoms with Gasteiger partial charge in [-0.25, -0.2) is 0 Å². The van der Waals surface area contributed by atoms with Crippen molar-refractivity contribution in [1.82, 2.24) is 0 Å². The first-order chi connectivity index (χ1) is 7.76. The molecule has 0 saturated carbocycles. The zero-order chi connectivity index (χ0) is 13.1. The van der Waals surface area contributed by atoms with E-state index in [4.69, 9.17) is 0 Å². The Morgan fingerprint density at radius 1 is 1.06 bits per heavy atom. The predicted molar refractivity (Wildman–Crippen MR) is 70.1 cm³/mol. The van der Waals surface area contributed by atoms with Crippen molar-refractivity contribution in [2.45, 2.75) is 46.0 Å². The molecule has 0 fully saturated rings. The summed E-state index contributed by atoms with van der Waals surface area (Å²) >= 11 is 0. The van der Waals surface area contributed by atoms with E-state index < -0.39 is 11.4 Å². The van der Waals surface area contributed by atoms with Crippen LogP contribution in [0.2, 0.25) is 0 Å². The maximum absolute atomic E-state index is 11.5. The Morgan fingerprint density at radius 3 is 2.00 bits per heavy atom. The van der Waals surface area contributed by atoms with Crippen molar-refractivity contribution in [2.24, 2.45) is 5.41 Å². The normalized spacial score (nSPS) is 15.3. The summed E-state index contributed by atoms with van der Waals surface area (Å²) < 4.78 is 0. The quantitative estimate of drug-likeness (QED) is 0.859. The molecule has 17 heavy (non-hydrogen) atoms. The highest BCUT2D eigenvalue weighted by Gasteiger charge is 2.35. The molecule has 1 atom stereocenters. The van der Waals surface area contributed by atoms with Crippen molar-refractivity contribution >= 4 is 5.97 Å². The summed E-state index contributed by atoms with van der Waals surface area (Å²) in [7, 11) is 0. The van der Waals surface area contributed by atoms with Gasteiger partial charge >= 0.3 is 5.97 Å². The van der Waals surface area contributed by atoms with E-state index in [9.17, 15) is 9.90 Å². The van der Waals surface area contributed by atoms with Crippen LogP contribution in [0.5, 0.6) is 0 Å². The monoisotopic (exact) mass is 234 g/mol. The lowest BCUT2D eigenvalue weighted by Crippen LogP contribution is -2.33. The summed E-state index contributed by atoms with van der Waals surface area (Å²) in [6.45, 7) is 8.23. The van der Waals surface area contributed by atoms with Gasteiger partial charge in [-0.15, -0.1) is 0 Å². The van der Waals surface area contributed by atoms with Crippen LogP contribution in [-0.4, -0.2) is 11.1 Å². The lowest BCUT2D eigenvalue weighted by atomic mass is 9.74. The first-order valence-electron chi connectivity index (χ1n) is 6.05. The van der Waals surface area contributed by atoms with Gasteiger partial charge in [0.2, 0.25) is 0 Å². The molecule has 2 heteroatoms. The molecule has 1 rings (SSSR count). The average Bonchev–Trinajstić information content (AvgIpc) is 2.26. The third kappa shape index (κ3) is 3.58. The topological polar surface area (TPSA) is 37.3 Å². The first kappa shape index (κ1) is 13.8. The molecular formula is C15H22O2. The van der Waals surface area contributed by atoms with Crippen LogP contribution in [0.3, 0.4) is 0 Å². The molecule has 0 aliphatic rings. The number of aliphatic carboxylic acids is 1. The van der Waals surface area contributed by atoms with Gasteiger partial charge in [0.05, 0.1) is 5.41 Å². The summed E-state index contributed by atoms with van der Waals surface area (Å²) in [5.74, 6) is -0.743. The van der Waals surface area contributed by atoms with E-state index in [0.717, 1.165) is 12.0 Å². The van der Waals surface area contributed by atoms with Gasteiger partial charge in [-0.1, -0.05) is 51.1 Å². The Labute approximate surface area is 104 Å². The summed E-state index contributed by atoms with van der Waals surface area (Å²) in [6, 6.07) is 9.50. The Balaban J connectivity index is 2.95. The predicted octanol–water partition coefficient (Wildman–Crippen LogP) is 3.86. The van der Waals surface area contributed by atoms with Crippen LogP contribution in [0.4, 0.5) is 0 Å². The third-order valence-corrected chi connectivity index (χ3v) is 3.26. The van der Waals surface area contributed by atoms with Gasteiger partial charge in [-0.3, -0.25) is 4.79 Å². The molecule has 0 aliphatic carbocycles. The summed E-state index contributed by atoms with van der Waals surface area (Å²) in [4.78, 5) is 11.5. The second kappa shape index (κ2) is 4.91. The lowest BCUT2D eigenvalue weighted by molar-refractivity contribution is -0.143. The largest absolute Gasteiger partial charge is 0.481 e. The van der Waals surface area contributed by atoms with E-state index in [-0.39, 0.29) is 5.41 Å². The molecule has 0 bridgehead atoms. The van der Waals surface area contributed by atoms with E-state index in [0.29, 0.717) is 6.42 Å². The van der Waals surface area contributed by atoms with E-state index in [1.54, 1.807) is 0 Å². The van der Waals surface area contributed by atoms with Crippen LogP contribution in [0.15, 0.2) is 30.3 Å². The molecule has 0 spiro atoms. The fraction of sp³-hybridized carbons (Fsp3) is 0.533. The molecule has 0 aromatic heterocycles. The Kier molecular flexibility index (Phi) is 3.97. The highest BCUT2D eigenvalue weighted by atomic mass is 16.4. The number of hydrogen-bond donors (Lipinski definition) is 1. The van der Waals surface area contributed by atoms with Gasteiger partial charge in [-0.05, 0) is 30.7 Å². The van der Waals surface area contributed by atoms with Crippen LogP contribution in [0.25, 0.3) is 0 Å². The maximum atomic E-state index is 11.5. The number of rotatable bonds is 4. The Bertz CT molecular complexity index is 376. The van der Waals surface area contributed by atoms with Gasteiger partial charge in [0.25, 0.3) is 0 Å². The maximum Gasteiger partial charge on any atom is 0.313 e. The lowest BCUT2D eigenvalue weighted by Gasteiger charge is -2.29. The SMILES string of the molecule is CC(C)(C)CC[C@](C)(C(=O)O)c1ccccc1. The molecule has 1 aromatic rings. The molecule has 1 aromatic carbocycles. The number of carbonyl (C=O) groups is 1. The molecule has 0 saturated heterocycles. The van der Waals surface area contributed by atoms with E-state index in [2.05, 4.69) is 20.8 Å². The van der Waals surface area contributed by atoms with Crippen molar-refractivity contribution in [3.8, 4) is 0 Å². The zero-order valence-electron chi connectivity index (χ0n) is 11.2. The van der Waals surface area contributed by atoms with E-state index >= 15 is 0 Å². The molecule has 94 valence electrons. The molecular weight excluding hydrogens is 212 g/mol.